The average molecular weight is 294 g/mol. The fourth-order valence-electron chi connectivity index (χ4n) is 1.68. The van der Waals surface area contributed by atoms with E-state index in [1.807, 2.05) is 30.3 Å². The molecule has 2 rings (SSSR count). The van der Waals surface area contributed by atoms with Crippen LogP contribution in [0.25, 0.3) is 0 Å². The zero-order valence-electron chi connectivity index (χ0n) is 11.0. The maximum absolute atomic E-state index is 11.5. The molecule has 2 N–H and O–H groups in total. The third-order valence-electron chi connectivity index (χ3n) is 2.60. The summed E-state index contributed by atoms with van der Waals surface area (Å²) >= 11 is 0. The molecule has 2 aromatic rings. The van der Waals surface area contributed by atoms with Gasteiger partial charge in [0, 0.05) is 11.8 Å². The van der Waals surface area contributed by atoms with Crippen LogP contribution in [0.1, 0.15) is 15.9 Å². The van der Waals surface area contributed by atoms with Crippen molar-refractivity contribution in [2.45, 2.75) is 6.61 Å². The van der Waals surface area contributed by atoms with Crippen molar-refractivity contribution in [3.05, 3.63) is 59.7 Å². The molecule has 0 unspecified atom stereocenters. The van der Waals surface area contributed by atoms with Crippen LogP contribution in [0.3, 0.4) is 0 Å². The Bertz CT molecular complexity index is 573. The third-order valence-corrected chi connectivity index (χ3v) is 2.60. The number of hydrogen-bond acceptors (Lipinski definition) is 4. The van der Waals surface area contributed by atoms with Crippen molar-refractivity contribution in [1.82, 2.24) is 0 Å². The number of esters is 1. The number of halogens is 1. The van der Waals surface area contributed by atoms with Crippen molar-refractivity contribution in [2.24, 2.45) is 0 Å². The van der Waals surface area contributed by atoms with Crippen LogP contribution in [0.2, 0.25) is 0 Å². The Labute approximate surface area is 123 Å². The molecular formula is C15H16ClNO3. The van der Waals surface area contributed by atoms with Gasteiger partial charge in [-0.3, -0.25) is 0 Å². The van der Waals surface area contributed by atoms with Gasteiger partial charge in [-0.05, 0) is 17.7 Å². The molecule has 0 radical (unpaired) electrons. The van der Waals surface area contributed by atoms with Gasteiger partial charge in [0.1, 0.15) is 12.4 Å². The number of hydrogen-bond donors (Lipinski definition) is 1. The van der Waals surface area contributed by atoms with E-state index in [0.29, 0.717) is 23.6 Å². The Morgan fingerprint density at radius 1 is 1.15 bits per heavy atom. The van der Waals surface area contributed by atoms with Crippen LogP contribution >= 0.6 is 12.4 Å². The lowest BCUT2D eigenvalue weighted by Crippen LogP contribution is -2.03. The van der Waals surface area contributed by atoms with Crippen LogP contribution < -0.4 is 10.5 Å². The van der Waals surface area contributed by atoms with Crippen molar-refractivity contribution in [3.8, 4) is 5.75 Å². The zero-order valence-corrected chi connectivity index (χ0v) is 11.9. The molecule has 0 spiro atoms. The van der Waals surface area contributed by atoms with Gasteiger partial charge in [-0.25, -0.2) is 4.79 Å². The van der Waals surface area contributed by atoms with Crippen LogP contribution in [0.4, 0.5) is 5.69 Å². The number of benzene rings is 2. The number of nitrogen functional groups attached to an aromatic ring is 1. The van der Waals surface area contributed by atoms with Crippen molar-refractivity contribution in [1.29, 1.82) is 0 Å². The SMILES string of the molecule is COC(=O)c1cc(N)cc(OCc2ccccc2)c1.Cl. The Morgan fingerprint density at radius 3 is 2.50 bits per heavy atom. The predicted molar refractivity (Wildman–Crippen MR) is 80.2 cm³/mol. The number of methoxy groups -OCH3 is 1. The lowest BCUT2D eigenvalue weighted by molar-refractivity contribution is 0.0600. The maximum Gasteiger partial charge on any atom is 0.338 e. The molecular weight excluding hydrogens is 278 g/mol. The summed E-state index contributed by atoms with van der Waals surface area (Å²) in [6.45, 7) is 0.422. The molecule has 4 nitrogen and oxygen atoms in total. The van der Waals surface area contributed by atoms with Gasteiger partial charge in [0.25, 0.3) is 0 Å². The van der Waals surface area contributed by atoms with Gasteiger partial charge in [0.15, 0.2) is 0 Å². The van der Waals surface area contributed by atoms with Crippen LogP contribution in [0.5, 0.6) is 5.75 Å². The lowest BCUT2D eigenvalue weighted by atomic mass is 10.2. The molecule has 0 bridgehead atoms. The van der Waals surface area contributed by atoms with Gasteiger partial charge in [-0.1, -0.05) is 30.3 Å². The molecule has 0 saturated carbocycles. The zero-order chi connectivity index (χ0) is 13.7. The standard InChI is InChI=1S/C15H15NO3.ClH/c1-18-15(17)12-7-13(16)9-14(8-12)19-10-11-5-3-2-4-6-11;/h2-9H,10,16H2,1H3;1H. The number of anilines is 1. The number of ether oxygens (including phenoxy) is 2. The molecule has 0 aliphatic heterocycles. The second-order valence-corrected chi connectivity index (χ2v) is 4.06. The van der Waals surface area contributed by atoms with E-state index in [1.165, 1.54) is 7.11 Å². The number of nitrogens with two attached hydrogens (primary N) is 1. The predicted octanol–water partition coefficient (Wildman–Crippen LogP) is 3.06. The number of carbonyl (C=O) groups is 1. The largest absolute Gasteiger partial charge is 0.489 e. The van der Waals surface area contributed by atoms with Gasteiger partial charge in [0.2, 0.25) is 0 Å². The summed E-state index contributed by atoms with van der Waals surface area (Å²) in [5.74, 6) is 0.112. The highest BCUT2D eigenvalue weighted by atomic mass is 35.5. The van der Waals surface area contributed by atoms with Crippen LogP contribution in [0, 0.1) is 0 Å². The van der Waals surface area contributed by atoms with Crippen LogP contribution in [-0.2, 0) is 11.3 Å². The minimum absolute atomic E-state index is 0. The van der Waals surface area contributed by atoms with Crippen LogP contribution in [0.15, 0.2) is 48.5 Å². The summed E-state index contributed by atoms with van der Waals surface area (Å²) in [5, 5.41) is 0. The molecule has 106 valence electrons. The van der Waals surface area contributed by atoms with Crippen molar-refractivity contribution in [2.75, 3.05) is 12.8 Å². The number of carbonyl (C=O) groups excluding carboxylic acids is 1. The van der Waals surface area contributed by atoms with Gasteiger partial charge in [-0.15, -0.1) is 12.4 Å². The summed E-state index contributed by atoms with van der Waals surface area (Å²) in [4.78, 5) is 11.5. The van der Waals surface area contributed by atoms with E-state index in [-0.39, 0.29) is 12.4 Å². The number of rotatable bonds is 4. The fraction of sp³-hybridized carbons (Fsp3) is 0.133. The lowest BCUT2D eigenvalue weighted by Gasteiger charge is -2.09. The monoisotopic (exact) mass is 293 g/mol. The van der Waals surface area contributed by atoms with E-state index < -0.39 is 5.97 Å². The first-order chi connectivity index (χ1) is 9.19. The van der Waals surface area contributed by atoms with Gasteiger partial charge in [-0.2, -0.15) is 0 Å². The molecule has 20 heavy (non-hydrogen) atoms. The van der Waals surface area contributed by atoms with Crippen molar-refractivity contribution in [3.63, 3.8) is 0 Å². The third kappa shape index (κ3) is 4.17. The molecule has 0 heterocycles. The normalized spacial score (nSPS) is 9.45. The summed E-state index contributed by atoms with van der Waals surface area (Å²) in [5.41, 5.74) is 7.62. The second-order valence-electron chi connectivity index (χ2n) is 4.06. The van der Waals surface area contributed by atoms with E-state index in [9.17, 15) is 4.79 Å². The first-order valence-corrected chi connectivity index (χ1v) is 5.84. The molecule has 0 aromatic heterocycles. The fourth-order valence-corrected chi connectivity index (χ4v) is 1.68. The average Bonchev–Trinajstić information content (AvgIpc) is 2.45. The summed E-state index contributed by atoms with van der Waals surface area (Å²) in [6.07, 6.45) is 0. The Kier molecular flexibility index (Phi) is 5.87. The summed E-state index contributed by atoms with van der Waals surface area (Å²) < 4.78 is 10.3. The molecule has 0 amide bonds. The smallest absolute Gasteiger partial charge is 0.338 e. The highest BCUT2D eigenvalue weighted by Gasteiger charge is 2.08. The molecule has 0 aliphatic rings. The van der Waals surface area contributed by atoms with E-state index in [0.717, 1.165) is 5.56 Å². The van der Waals surface area contributed by atoms with E-state index in [4.69, 9.17) is 10.5 Å². The van der Waals surface area contributed by atoms with E-state index >= 15 is 0 Å². The second kappa shape index (κ2) is 7.40. The van der Waals surface area contributed by atoms with Gasteiger partial charge in [0.05, 0.1) is 12.7 Å². The van der Waals surface area contributed by atoms with E-state index in [1.54, 1.807) is 18.2 Å². The molecule has 0 aliphatic carbocycles. The summed E-state index contributed by atoms with van der Waals surface area (Å²) in [7, 11) is 1.33. The molecule has 0 atom stereocenters. The van der Waals surface area contributed by atoms with E-state index in [2.05, 4.69) is 4.74 Å². The van der Waals surface area contributed by atoms with Crippen LogP contribution in [-0.4, -0.2) is 13.1 Å². The Morgan fingerprint density at radius 2 is 1.85 bits per heavy atom. The highest BCUT2D eigenvalue weighted by molar-refractivity contribution is 5.90. The van der Waals surface area contributed by atoms with Gasteiger partial charge >= 0.3 is 5.97 Å². The first kappa shape index (κ1) is 15.9. The molecule has 5 heteroatoms. The minimum atomic E-state index is -0.433. The molecule has 0 fully saturated rings. The topological polar surface area (TPSA) is 61.5 Å². The summed E-state index contributed by atoms with van der Waals surface area (Å²) in [6, 6.07) is 14.6. The van der Waals surface area contributed by atoms with Crippen molar-refractivity contribution >= 4 is 24.1 Å². The Hall–Kier alpha value is -2.20. The minimum Gasteiger partial charge on any atom is -0.489 e. The van der Waals surface area contributed by atoms with Crippen molar-refractivity contribution < 1.29 is 14.3 Å². The van der Waals surface area contributed by atoms with Gasteiger partial charge < -0.3 is 15.2 Å². The first-order valence-electron chi connectivity index (χ1n) is 5.84. The molecule has 2 aromatic carbocycles. The maximum atomic E-state index is 11.5. The quantitative estimate of drug-likeness (QED) is 0.695. The Balaban J connectivity index is 0.00000200. The highest BCUT2D eigenvalue weighted by Crippen LogP contribution is 2.20. The molecule has 0 saturated heterocycles.